The minimum Gasteiger partial charge on any atom is -0.338 e. The molecule has 0 aliphatic heterocycles. The van der Waals surface area contributed by atoms with E-state index in [1.165, 1.54) is 12.8 Å². The Labute approximate surface area is 154 Å². The first-order chi connectivity index (χ1) is 12.7. The van der Waals surface area contributed by atoms with Gasteiger partial charge in [0.2, 0.25) is 0 Å². The molecule has 26 heavy (non-hydrogen) atoms. The van der Waals surface area contributed by atoms with Gasteiger partial charge in [0, 0.05) is 6.42 Å². The van der Waals surface area contributed by atoms with Crippen LogP contribution < -0.4 is 10.9 Å². The molecule has 136 valence electrons. The highest BCUT2D eigenvalue weighted by atomic mass is 16.1. The topological polar surface area (TPSA) is 51.5 Å². The fourth-order valence-electron chi connectivity index (χ4n) is 3.39. The molecule has 0 spiro atoms. The Bertz CT molecular complexity index is 946. The third-order valence-electron chi connectivity index (χ3n) is 4.84. The first kappa shape index (κ1) is 18.3. The molecule has 0 aliphatic carbocycles. The summed E-state index contributed by atoms with van der Waals surface area (Å²) in [7, 11) is 0. The van der Waals surface area contributed by atoms with Crippen LogP contribution in [0.3, 0.4) is 0 Å². The van der Waals surface area contributed by atoms with Crippen molar-refractivity contribution in [3.8, 4) is 5.69 Å². The summed E-state index contributed by atoms with van der Waals surface area (Å²) in [6, 6.07) is 15.9. The van der Waals surface area contributed by atoms with Crippen LogP contribution in [0.15, 0.2) is 53.3 Å². The van der Waals surface area contributed by atoms with E-state index in [0.29, 0.717) is 5.39 Å². The standard InChI is InChI=1S/C22H27N3O/c1-4-6-14-23-19(5-2)21-24-20-13-8-7-12-18(20)22(26)25(21)17-11-9-10-16(3)15-17/h7-13,15,19,23H,4-6,14H2,1-3H3/p+1/t19-/m0/s1. The second-order valence-corrected chi connectivity index (χ2v) is 6.86. The Hall–Kier alpha value is -2.46. The van der Waals surface area contributed by atoms with Crippen LogP contribution >= 0.6 is 0 Å². The van der Waals surface area contributed by atoms with Crippen LogP contribution in [0.25, 0.3) is 16.6 Å². The fraction of sp³-hybridized carbons (Fsp3) is 0.364. The Balaban J connectivity index is 2.22. The van der Waals surface area contributed by atoms with Crippen molar-refractivity contribution in [2.75, 3.05) is 6.54 Å². The van der Waals surface area contributed by atoms with E-state index >= 15 is 0 Å². The molecular weight excluding hydrogens is 322 g/mol. The number of benzene rings is 2. The van der Waals surface area contributed by atoms with Gasteiger partial charge in [-0.25, -0.2) is 4.98 Å². The van der Waals surface area contributed by atoms with Crippen LogP contribution in [0, 0.1) is 6.92 Å². The monoisotopic (exact) mass is 350 g/mol. The summed E-state index contributed by atoms with van der Waals surface area (Å²) in [5.74, 6) is 0.845. The van der Waals surface area contributed by atoms with Crippen molar-refractivity contribution >= 4 is 10.9 Å². The van der Waals surface area contributed by atoms with Gasteiger partial charge >= 0.3 is 0 Å². The first-order valence-corrected chi connectivity index (χ1v) is 9.57. The van der Waals surface area contributed by atoms with Crippen LogP contribution in [0.1, 0.15) is 50.5 Å². The molecule has 4 nitrogen and oxygen atoms in total. The predicted molar refractivity (Wildman–Crippen MR) is 107 cm³/mol. The zero-order valence-electron chi connectivity index (χ0n) is 15.9. The summed E-state index contributed by atoms with van der Waals surface area (Å²) in [5, 5.41) is 2.99. The van der Waals surface area contributed by atoms with Gasteiger partial charge in [-0.2, -0.15) is 0 Å². The fourth-order valence-corrected chi connectivity index (χ4v) is 3.39. The van der Waals surface area contributed by atoms with E-state index < -0.39 is 0 Å². The molecule has 0 radical (unpaired) electrons. The van der Waals surface area contributed by atoms with E-state index in [1.807, 2.05) is 54.0 Å². The van der Waals surface area contributed by atoms with Gasteiger partial charge in [0.15, 0.2) is 5.82 Å². The normalized spacial score (nSPS) is 12.4. The maximum absolute atomic E-state index is 13.3. The molecule has 1 heterocycles. The lowest BCUT2D eigenvalue weighted by molar-refractivity contribution is -0.697. The zero-order valence-corrected chi connectivity index (χ0v) is 15.9. The number of quaternary nitrogens is 1. The van der Waals surface area contributed by atoms with Crippen LogP contribution in [-0.4, -0.2) is 16.1 Å². The van der Waals surface area contributed by atoms with Crippen molar-refractivity contribution in [3.05, 3.63) is 70.3 Å². The molecule has 0 bridgehead atoms. The lowest BCUT2D eigenvalue weighted by atomic mass is 10.1. The number of hydrogen-bond acceptors (Lipinski definition) is 2. The zero-order chi connectivity index (χ0) is 18.5. The summed E-state index contributed by atoms with van der Waals surface area (Å²) in [5.41, 5.74) is 2.82. The molecule has 3 rings (SSSR count). The second-order valence-electron chi connectivity index (χ2n) is 6.86. The van der Waals surface area contributed by atoms with Crippen LogP contribution in [0.5, 0.6) is 0 Å². The number of unbranched alkanes of at least 4 members (excludes halogenated alkanes) is 1. The van der Waals surface area contributed by atoms with Gasteiger partial charge in [-0.05, 0) is 43.2 Å². The van der Waals surface area contributed by atoms with Crippen molar-refractivity contribution in [3.63, 3.8) is 0 Å². The lowest BCUT2D eigenvalue weighted by Crippen LogP contribution is -2.85. The molecule has 3 aromatic rings. The van der Waals surface area contributed by atoms with Crippen LogP contribution in [0.4, 0.5) is 0 Å². The van der Waals surface area contributed by atoms with Crippen molar-refractivity contribution < 1.29 is 5.32 Å². The minimum atomic E-state index is 0.0125. The highest BCUT2D eigenvalue weighted by Gasteiger charge is 2.22. The van der Waals surface area contributed by atoms with Crippen molar-refractivity contribution in [2.24, 2.45) is 0 Å². The number of aromatic nitrogens is 2. The van der Waals surface area contributed by atoms with E-state index in [4.69, 9.17) is 4.98 Å². The molecule has 0 amide bonds. The molecule has 0 unspecified atom stereocenters. The van der Waals surface area contributed by atoms with Gasteiger partial charge in [-0.15, -0.1) is 0 Å². The van der Waals surface area contributed by atoms with E-state index in [1.54, 1.807) is 0 Å². The number of nitrogens with zero attached hydrogens (tertiary/aromatic N) is 2. The van der Waals surface area contributed by atoms with E-state index in [2.05, 4.69) is 25.2 Å². The summed E-state index contributed by atoms with van der Waals surface area (Å²) in [6.07, 6.45) is 3.27. The van der Waals surface area contributed by atoms with Crippen molar-refractivity contribution in [2.45, 2.75) is 46.1 Å². The maximum atomic E-state index is 13.3. The molecular formula is C22H28N3O+. The SMILES string of the molecule is CCCC[NH2+][C@@H](CC)c1nc2ccccc2c(=O)n1-c1cccc(C)c1. The number of aryl methyl sites for hydroxylation is 1. The Kier molecular flexibility index (Phi) is 5.84. The van der Waals surface area contributed by atoms with Gasteiger partial charge in [-0.3, -0.25) is 9.36 Å². The van der Waals surface area contributed by atoms with Gasteiger partial charge in [-0.1, -0.05) is 44.5 Å². The molecule has 0 saturated carbocycles. The van der Waals surface area contributed by atoms with Gasteiger partial charge in [0.25, 0.3) is 5.56 Å². The second kappa shape index (κ2) is 8.28. The Morgan fingerprint density at radius 2 is 1.92 bits per heavy atom. The first-order valence-electron chi connectivity index (χ1n) is 9.57. The molecule has 4 heteroatoms. The lowest BCUT2D eigenvalue weighted by Gasteiger charge is -2.19. The quantitative estimate of drug-likeness (QED) is 0.663. The smallest absolute Gasteiger partial charge is 0.266 e. The predicted octanol–water partition coefficient (Wildman–Crippen LogP) is 3.51. The van der Waals surface area contributed by atoms with Crippen molar-refractivity contribution in [1.82, 2.24) is 9.55 Å². The molecule has 1 aromatic heterocycles. The highest BCUT2D eigenvalue weighted by Crippen LogP contribution is 2.18. The third kappa shape index (κ3) is 3.70. The molecule has 1 atom stereocenters. The molecule has 2 N–H and O–H groups in total. The molecule has 0 saturated heterocycles. The van der Waals surface area contributed by atoms with Gasteiger partial charge < -0.3 is 5.32 Å². The summed E-state index contributed by atoms with van der Waals surface area (Å²) in [6.45, 7) is 7.46. The van der Waals surface area contributed by atoms with Crippen LogP contribution in [0.2, 0.25) is 0 Å². The van der Waals surface area contributed by atoms with Gasteiger partial charge in [0.1, 0.15) is 6.04 Å². The number of para-hydroxylation sites is 1. The average molecular weight is 350 g/mol. The number of nitrogens with two attached hydrogens (primary N) is 1. The average Bonchev–Trinajstić information content (AvgIpc) is 2.65. The van der Waals surface area contributed by atoms with Crippen LogP contribution in [-0.2, 0) is 0 Å². The minimum absolute atomic E-state index is 0.0125. The summed E-state index contributed by atoms with van der Waals surface area (Å²) < 4.78 is 1.81. The Morgan fingerprint density at radius 1 is 1.12 bits per heavy atom. The highest BCUT2D eigenvalue weighted by molar-refractivity contribution is 5.77. The number of fused-ring (bicyclic) bond motifs is 1. The van der Waals surface area contributed by atoms with E-state index in [-0.39, 0.29) is 11.6 Å². The molecule has 0 fully saturated rings. The van der Waals surface area contributed by atoms with Gasteiger partial charge in [0.05, 0.1) is 23.1 Å². The van der Waals surface area contributed by atoms with Crippen molar-refractivity contribution in [1.29, 1.82) is 0 Å². The third-order valence-corrected chi connectivity index (χ3v) is 4.84. The number of rotatable bonds is 7. The molecule has 0 aliphatic rings. The summed E-state index contributed by atoms with van der Waals surface area (Å²) in [4.78, 5) is 18.2. The summed E-state index contributed by atoms with van der Waals surface area (Å²) >= 11 is 0. The largest absolute Gasteiger partial charge is 0.338 e. The van der Waals surface area contributed by atoms with E-state index in [9.17, 15) is 4.79 Å². The van der Waals surface area contributed by atoms with E-state index in [0.717, 1.165) is 35.6 Å². The maximum Gasteiger partial charge on any atom is 0.266 e. The Morgan fingerprint density at radius 3 is 2.65 bits per heavy atom. The molecule has 2 aromatic carbocycles. The number of hydrogen-bond donors (Lipinski definition) is 1.